The number of carbonyl (C=O) groups is 2. The van der Waals surface area contributed by atoms with Gasteiger partial charge in [0.2, 0.25) is 11.8 Å². The molecule has 1 saturated carbocycles. The summed E-state index contributed by atoms with van der Waals surface area (Å²) in [4.78, 5) is 25.0. The zero-order valence-corrected chi connectivity index (χ0v) is 16.2. The van der Waals surface area contributed by atoms with E-state index in [4.69, 9.17) is 0 Å². The maximum atomic E-state index is 12.7. The average molecular weight is 394 g/mol. The number of rotatable bonds is 5. The fraction of sp³-hybridized carbons (Fsp3) is 0.391. The molecule has 2 aliphatic rings. The second-order valence-corrected chi connectivity index (χ2v) is 8.14. The smallest absolute Gasteiger partial charge is 0.224 e. The molecule has 3 atom stereocenters. The third kappa shape index (κ3) is 4.59. The topological polar surface area (TPSA) is 98.7 Å². The minimum absolute atomic E-state index is 0.0495. The lowest BCUT2D eigenvalue weighted by atomic mass is 10.1. The van der Waals surface area contributed by atoms with Crippen LogP contribution in [0.25, 0.3) is 0 Å². The Morgan fingerprint density at radius 3 is 2.38 bits per heavy atom. The summed E-state index contributed by atoms with van der Waals surface area (Å²) in [6.45, 7) is 0. The molecule has 2 aromatic carbocycles. The molecule has 4 rings (SSSR count). The molecule has 2 aromatic rings. The van der Waals surface area contributed by atoms with Crippen LogP contribution in [0.5, 0.6) is 5.75 Å². The number of hydrogen-bond acceptors (Lipinski definition) is 4. The maximum absolute atomic E-state index is 12.7. The standard InChI is InChI=1S/C23H26N2O4/c26-19-7-3-4-14(8-19)9-22(28)25-20-12-17(13-21(20)27)23(29)24-18-10-15-5-1-2-6-16(15)11-18/h1-8,17-18,20-21,26-27H,9-13H2,(H,24,29)(H,25,28)/t17-,20+,21+/m0/s1. The molecule has 152 valence electrons. The largest absolute Gasteiger partial charge is 0.508 e. The van der Waals surface area contributed by atoms with Crippen LogP contribution in [-0.2, 0) is 28.9 Å². The monoisotopic (exact) mass is 394 g/mol. The Morgan fingerprint density at radius 2 is 1.69 bits per heavy atom. The molecule has 0 radical (unpaired) electrons. The number of amides is 2. The zero-order valence-electron chi connectivity index (χ0n) is 16.2. The number of aromatic hydroxyl groups is 1. The van der Waals surface area contributed by atoms with E-state index in [2.05, 4.69) is 22.8 Å². The normalized spacial score (nSPS) is 23.6. The van der Waals surface area contributed by atoms with E-state index in [1.54, 1.807) is 24.3 Å². The van der Waals surface area contributed by atoms with Crippen molar-refractivity contribution in [3.05, 3.63) is 65.2 Å². The molecule has 0 saturated heterocycles. The van der Waals surface area contributed by atoms with Crippen LogP contribution < -0.4 is 10.6 Å². The summed E-state index contributed by atoms with van der Waals surface area (Å²) < 4.78 is 0. The Hall–Kier alpha value is -2.86. The average Bonchev–Trinajstić information content (AvgIpc) is 3.24. The van der Waals surface area contributed by atoms with Crippen LogP contribution in [0.4, 0.5) is 0 Å². The molecule has 2 aliphatic carbocycles. The fourth-order valence-corrected chi connectivity index (χ4v) is 4.47. The quantitative estimate of drug-likeness (QED) is 0.617. The first kappa shape index (κ1) is 19.5. The first-order chi connectivity index (χ1) is 14.0. The second-order valence-electron chi connectivity index (χ2n) is 8.14. The van der Waals surface area contributed by atoms with Crippen LogP contribution in [-0.4, -0.2) is 40.2 Å². The minimum Gasteiger partial charge on any atom is -0.508 e. The van der Waals surface area contributed by atoms with Crippen molar-refractivity contribution in [2.75, 3.05) is 0 Å². The molecule has 0 heterocycles. The highest BCUT2D eigenvalue weighted by Crippen LogP contribution is 2.28. The summed E-state index contributed by atoms with van der Waals surface area (Å²) in [6, 6.07) is 14.4. The Kier molecular flexibility index (Phi) is 5.53. The van der Waals surface area contributed by atoms with Crippen molar-refractivity contribution in [1.29, 1.82) is 0 Å². The summed E-state index contributed by atoms with van der Waals surface area (Å²) >= 11 is 0. The third-order valence-corrected chi connectivity index (χ3v) is 5.92. The number of hydrogen-bond donors (Lipinski definition) is 4. The van der Waals surface area contributed by atoms with Gasteiger partial charge >= 0.3 is 0 Å². The van der Waals surface area contributed by atoms with E-state index in [9.17, 15) is 19.8 Å². The van der Waals surface area contributed by atoms with Crippen LogP contribution in [0.3, 0.4) is 0 Å². The molecule has 0 bridgehead atoms. The minimum atomic E-state index is -0.736. The van der Waals surface area contributed by atoms with Gasteiger partial charge < -0.3 is 20.8 Å². The van der Waals surface area contributed by atoms with Crippen molar-refractivity contribution < 1.29 is 19.8 Å². The van der Waals surface area contributed by atoms with Crippen molar-refractivity contribution in [3.8, 4) is 5.75 Å². The lowest BCUT2D eigenvalue weighted by Crippen LogP contribution is -2.41. The molecule has 1 fully saturated rings. The molecular formula is C23H26N2O4. The lowest BCUT2D eigenvalue weighted by molar-refractivity contribution is -0.126. The van der Waals surface area contributed by atoms with E-state index >= 15 is 0 Å². The van der Waals surface area contributed by atoms with Gasteiger partial charge in [-0.1, -0.05) is 36.4 Å². The summed E-state index contributed by atoms with van der Waals surface area (Å²) in [5, 5.41) is 25.8. The molecule has 6 nitrogen and oxygen atoms in total. The number of nitrogens with one attached hydrogen (secondary N) is 2. The predicted octanol–water partition coefficient (Wildman–Crippen LogP) is 1.47. The van der Waals surface area contributed by atoms with Gasteiger partial charge in [-0.2, -0.15) is 0 Å². The van der Waals surface area contributed by atoms with Crippen LogP contribution in [0.2, 0.25) is 0 Å². The Labute approximate surface area is 170 Å². The van der Waals surface area contributed by atoms with E-state index in [1.807, 2.05) is 12.1 Å². The van der Waals surface area contributed by atoms with Crippen molar-refractivity contribution in [2.45, 2.75) is 50.3 Å². The SMILES string of the molecule is O=C(Cc1cccc(O)c1)N[C@@H]1C[C@H](C(=O)NC2Cc3ccccc3C2)C[C@H]1O. The highest BCUT2D eigenvalue weighted by Gasteiger charge is 2.38. The molecule has 6 heteroatoms. The van der Waals surface area contributed by atoms with Gasteiger partial charge in [0.15, 0.2) is 0 Å². The van der Waals surface area contributed by atoms with Crippen LogP contribution >= 0.6 is 0 Å². The number of phenolic OH excluding ortho intramolecular Hbond substituents is 1. The van der Waals surface area contributed by atoms with Gasteiger partial charge in [-0.25, -0.2) is 0 Å². The van der Waals surface area contributed by atoms with E-state index in [1.165, 1.54) is 11.1 Å². The number of phenols is 1. The summed E-state index contributed by atoms with van der Waals surface area (Å²) in [7, 11) is 0. The van der Waals surface area contributed by atoms with Crippen LogP contribution in [0.1, 0.15) is 29.5 Å². The third-order valence-electron chi connectivity index (χ3n) is 5.92. The van der Waals surface area contributed by atoms with Gasteiger partial charge in [0, 0.05) is 12.0 Å². The van der Waals surface area contributed by atoms with Gasteiger partial charge in [-0.15, -0.1) is 0 Å². The molecular weight excluding hydrogens is 368 g/mol. The highest BCUT2D eigenvalue weighted by molar-refractivity contribution is 5.81. The van der Waals surface area contributed by atoms with Crippen LogP contribution in [0.15, 0.2) is 48.5 Å². The summed E-state index contributed by atoms with van der Waals surface area (Å²) in [6.07, 6.45) is 1.83. The molecule has 0 spiro atoms. The molecule has 0 aromatic heterocycles. The summed E-state index contributed by atoms with van der Waals surface area (Å²) in [5.74, 6) is -0.472. The maximum Gasteiger partial charge on any atom is 0.224 e. The van der Waals surface area contributed by atoms with Gasteiger partial charge in [0.25, 0.3) is 0 Å². The second kappa shape index (κ2) is 8.25. The van der Waals surface area contributed by atoms with Gasteiger partial charge in [-0.05, 0) is 54.5 Å². The highest BCUT2D eigenvalue weighted by atomic mass is 16.3. The first-order valence-corrected chi connectivity index (χ1v) is 10.1. The van der Waals surface area contributed by atoms with E-state index < -0.39 is 12.1 Å². The number of fused-ring (bicyclic) bond motifs is 1. The van der Waals surface area contributed by atoms with Crippen molar-refractivity contribution >= 4 is 11.8 Å². The number of benzene rings is 2. The molecule has 2 amide bonds. The number of carbonyl (C=O) groups excluding carboxylic acids is 2. The van der Waals surface area contributed by atoms with E-state index in [-0.39, 0.29) is 35.9 Å². The molecule has 0 unspecified atom stereocenters. The fourth-order valence-electron chi connectivity index (χ4n) is 4.47. The Balaban J connectivity index is 1.28. The lowest BCUT2D eigenvalue weighted by Gasteiger charge is -2.17. The molecule has 0 aliphatic heterocycles. The van der Waals surface area contributed by atoms with E-state index in [0.717, 1.165) is 12.8 Å². The number of aliphatic hydroxyl groups excluding tert-OH is 1. The van der Waals surface area contributed by atoms with Gasteiger partial charge in [-0.3, -0.25) is 9.59 Å². The Morgan fingerprint density at radius 1 is 0.966 bits per heavy atom. The first-order valence-electron chi connectivity index (χ1n) is 10.1. The van der Waals surface area contributed by atoms with Gasteiger partial charge in [0.1, 0.15) is 5.75 Å². The number of aliphatic hydroxyl groups is 1. The zero-order chi connectivity index (χ0) is 20.4. The summed E-state index contributed by atoms with van der Waals surface area (Å²) in [5.41, 5.74) is 3.26. The van der Waals surface area contributed by atoms with Crippen molar-refractivity contribution in [3.63, 3.8) is 0 Å². The Bertz CT molecular complexity index is 888. The van der Waals surface area contributed by atoms with E-state index in [0.29, 0.717) is 18.4 Å². The molecule has 4 N–H and O–H groups in total. The van der Waals surface area contributed by atoms with Crippen molar-refractivity contribution in [1.82, 2.24) is 10.6 Å². The van der Waals surface area contributed by atoms with Crippen molar-refractivity contribution in [2.24, 2.45) is 5.92 Å². The van der Waals surface area contributed by atoms with Gasteiger partial charge in [0.05, 0.1) is 18.6 Å². The predicted molar refractivity (Wildman–Crippen MR) is 108 cm³/mol. The van der Waals surface area contributed by atoms with Crippen LogP contribution in [0, 0.1) is 5.92 Å². The molecule has 29 heavy (non-hydrogen) atoms.